The zero-order valence-electron chi connectivity index (χ0n) is 11.5. The Morgan fingerprint density at radius 1 is 1.19 bits per heavy atom. The van der Waals surface area contributed by atoms with Crippen LogP contribution in [0.15, 0.2) is 42.5 Å². The van der Waals surface area contributed by atoms with Crippen molar-refractivity contribution in [3.63, 3.8) is 0 Å². The van der Waals surface area contributed by atoms with Crippen LogP contribution in [0.1, 0.15) is 11.1 Å². The lowest BCUT2D eigenvalue weighted by atomic mass is 10.2. The van der Waals surface area contributed by atoms with E-state index in [0.29, 0.717) is 16.5 Å². The molecule has 1 N–H and O–H groups in total. The van der Waals surface area contributed by atoms with Crippen LogP contribution in [-0.4, -0.2) is 11.7 Å². The largest absolute Gasteiger partial charge is 0.325 e. The third-order valence-corrected chi connectivity index (χ3v) is 4.50. The number of carbonyl (C=O) groups is 1. The molecule has 2 aromatic carbocycles. The van der Waals surface area contributed by atoms with Gasteiger partial charge in [-0.15, -0.1) is 11.8 Å². The van der Waals surface area contributed by atoms with Crippen LogP contribution in [0.4, 0.5) is 5.69 Å². The first kappa shape index (κ1) is 16.2. The van der Waals surface area contributed by atoms with Gasteiger partial charge >= 0.3 is 0 Å². The predicted molar refractivity (Wildman–Crippen MR) is 92.4 cm³/mol. The topological polar surface area (TPSA) is 29.1 Å². The molecule has 0 fully saturated rings. The van der Waals surface area contributed by atoms with Crippen molar-refractivity contribution >= 4 is 46.6 Å². The minimum absolute atomic E-state index is 0.0301. The fourth-order valence-electron chi connectivity index (χ4n) is 1.82. The van der Waals surface area contributed by atoms with Gasteiger partial charge in [0.1, 0.15) is 0 Å². The summed E-state index contributed by atoms with van der Waals surface area (Å²) in [7, 11) is 0. The first-order valence-electron chi connectivity index (χ1n) is 6.43. The van der Waals surface area contributed by atoms with Crippen molar-refractivity contribution in [2.75, 3.05) is 11.1 Å². The van der Waals surface area contributed by atoms with Gasteiger partial charge in [0, 0.05) is 21.5 Å². The average Bonchev–Trinajstić information content (AvgIpc) is 2.44. The summed E-state index contributed by atoms with van der Waals surface area (Å²) in [5.74, 6) is 1.07. The molecule has 110 valence electrons. The number of thioether (sulfide) groups is 1. The zero-order chi connectivity index (χ0) is 15.2. The van der Waals surface area contributed by atoms with Crippen LogP contribution in [0, 0.1) is 6.92 Å². The van der Waals surface area contributed by atoms with Crippen molar-refractivity contribution in [3.8, 4) is 0 Å². The normalized spacial score (nSPS) is 10.4. The summed E-state index contributed by atoms with van der Waals surface area (Å²) in [5, 5.41) is 4.29. The summed E-state index contributed by atoms with van der Waals surface area (Å²) in [6, 6.07) is 13.1. The minimum Gasteiger partial charge on any atom is -0.325 e. The number of halogens is 2. The molecule has 1 amide bonds. The molecule has 0 aliphatic carbocycles. The fraction of sp³-hybridized carbons (Fsp3) is 0.188. The van der Waals surface area contributed by atoms with E-state index in [0.717, 1.165) is 21.8 Å². The van der Waals surface area contributed by atoms with Gasteiger partial charge in [0.05, 0.1) is 5.75 Å². The highest BCUT2D eigenvalue weighted by atomic mass is 35.5. The molecule has 0 aliphatic rings. The van der Waals surface area contributed by atoms with Gasteiger partial charge in [-0.3, -0.25) is 4.79 Å². The molecule has 0 aliphatic heterocycles. The lowest BCUT2D eigenvalue weighted by Crippen LogP contribution is -2.15. The van der Waals surface area contributed by atoms with Crippen molar-refractivity contribution in [2.45, 2.75) is 12.7 Å². The van der Waals surface area contributed by atoms with E-state index in [1.807, 2.05) is 43.3 Å². The molecule has 2 aromatic rings. The maximum Gasteiger partial charge on any atom is 0.234 e. The SMILES string of the molecule is Cc1cc(Cl)ccc1NC(=O)CSCc1ccccc1Cl. The number of nitrogens with one attached hydrogen (secondary N) is 1. The molecule has 0 atom stereocenters. The standard InChI is InChI=1S/C16H15Cl2NOS/c1-11-8-13(17)6-7-15(11)19-16(20)10-21-9-12-4-2-3-5-14(12)18/h2-8H,9-10H2,1H3,(H,19,20). The van der Waals surface area contributed by atoms with Crippen LogP contribution >= 0.6 is 35.0 Å². The zero-order valence-corrected chi connectivity index (χ0v) is 13.9. The second-order valence-electron chi connectivity index (χ2n) is 4.59. The van der Waals surface area contributed by atoms with E-state index in [4.69, 9.17) is 23.2 Å². The summed E-state index contributed by atoms with van der Waals surface area (Å²) in [5.41, 5.74) is 2.79. The number of amides is 1. The third kappa shape index (κ3) is 4.95. The molecule has 5 heteroatoms. The van der Waals surface area contributed by atoms with Crippen LogP contribution in [0.2, 0.25) is 10.0 Å². The quantitative estimate of drug-likeness (QED) is 0.813. The third-order valence-electron chi connectivity index (χ3n) is 2.91. The molecule has 0 saturated heterocycles. The minimum atomic E-state index is -0.0301. The van der Waals surface area contributed by atoms with Gasteiger partial charge < -0.3 is 5.32 Å². The molecule has 2 nitrogen and oxygen atoms in total. The van der Waals surface area contributed by atoms with Crippen molar-refractivity contribution in [3.05, 3.63) is 63.6 Å². The van der Waals surface area contributed by atoms with Gasteiger partial charge in [0.15, 0.2) is 0 Å². The van der Waals surface area contributed by atoms with E-state index in [1.54, 1.807) is 6.07 Å². The van der Waals surface area contributed by atoms with Gasteiger partial charge in [-0.25, -0.2) is 0 Å². The molecule has 0 saturated carbocycles. The number of anilines is 1. The summed E-state index contributed by atoms with van der Waals surface area (Å²) in [4.78, 5) is 11.9. The molecule has 0 radical (unpaired) electrons. The summed E-state index contributed by atoms with van der Waals surface area (Å²) >= 11 is 13.5. The molecule has 2 rings (SSSR count). The first-order chi connectivity index (χ1) is 10.1. The maximum absolute atomic E-state index is 11.9. The number of benzene rings is 2. The Bertz CT molecular complexity index is 646. The first-order valence-corrected chi connectivity index (χ1v) is 8.34. The highest BCUT2D eigenvalue weighted by Gasteiger charge is 2.06. The Kier molecular flexibility index (Phi) is 5.97. The predicted octanol–water partition coefficient (Wildman–Crippen LogP) is 5.17. The monoisotopic (exact) mass is 339 g/mol. The van der Waals surface area contributed by atoms with Crippen LogP contribution in [-0.2, 0) is 10.5 Å². The maximum atomic E-state index is 11.9. The lowest BCUT2D eigenvalue weighted by molar-refractivity contribution is -0.113. The van der Waals surface area contributed by atoms with Crippen molar-refractivity contribution < 1.29 is 4.79 Å². The summed E-state index contributed by atoms with van der Waals surface area (Å²) in [6.45, 7) is 1.92. The van der Waals surface area contributed by atoms with E-state index in [2.05, 4.69) is 5.32 Å². The van der Waals surface area contributed by atoms with Gasteiger partial charge in [0.2, 0.25) is 5.91 Å². The highest BCUT2D eigenvalue weighted by Crippen LogP contribution is 2.22. The molecule has 0 heterocycles. The number of aryl methyl sites for hydroxylation is 1. The molecule has 0 spiro atoms. The molecule has 0 unspecified atom stereocenters. The van der Waals surface area contributed by atoms with Gasteiger partial charge in [0.25, 0.3) is 0 Å². The second-order valence-corrected chi connectivity index (χ2v) is 6.42. The van der Waals surface area contributed by atoms with E-state index >= 15 is 0 Å². The van der Waals surface area contributed by atoms with Crippen LogP contribution in [0.25, 0.3) is 0 Å². The van der Waals surface area contributed by atoms with Crippen LogP contribution in [0.5, 0.6) is 0 Å². The summed E-state index contributed by atoms with van der Waals surface area (Å²) < 4.78 is 0. The van der Waals surface area contributed by atoms with Crippen LogP contribution < -0.4 is 5.32 Å². The Labute approximate surface area is 138 Å². The van der Waals surface area contributed by atoms with Crippen molar-refractivity contribution in [2.24, 2.45) is 0 Å². The molecule has 0 aromatic heterocycles. The molecule has 0 bridgehead atoms. The Balaban J connectivity index is 1.84. The Morgan fingerprint density at radius 3 is 2.67 bits per heavy atom. The highest BCUT2D eigenvalue weighted by molar-refractivity contribution is 7.99. The van der Waals surface area contributed by atoms with Gasteiger partial charge in [-0.05, 0) is 42.3 Å². The number of hydrogen-bond acceptors (Lipinski definition) is 2. The second kappa shape index (κ2) is 7.74. The van der Waals surface area contributed by atoms with Crippen molar-refractivity contribution in [1.82, 2.24) is 0 Å². The molecule has 21 heavy (non-hydrogen) atoms. The van der Waals surface area contributed by atoms with Crippen molar-refractivity contribution in [1.29, 1.82) is 0 Å². The number of hydrogen-bond donors (Lipinski definition) is 1. The van der Waals surface area contributed by atoms with E-state index in [-0.39, 0.29) is 5.91 Å². The van der Waals surface area contributed by atoms with E-state index in [1.165, 1.54) is 11.8 Å². The van der Waals surface area contributed by atoms with Gasteiger partial charge in [-0.2, -0.15) is 0 Å². The van der Waals surface area contributed by atoms with E-state index < -0.39 is 0 Å². The van der Waals surface area contributed by atoms with Gasteiger partial charge in [-0.1, -0.05) is 41.4 Å². The average molecular weight is 340 g/mol. The number of rotatable bonds is 5. The fourth-order valence-corrected chi connectivity index (χ4v) is 3.16. The van der Waals surface area contributed by atoms with Crippen LogP contribution in [0.3, 0.4) is 0 Å². The van der Waals surface area contributed by atoms with E-state index in [9.17, 15) is 4.79 Å². The Morgan fingerprint density at radius 2 is 1.95 bits per heavy atom. The lowest BCUT2D eigenvalue weighted by Gasteiger charge is -2.09. The Hall–Kier alpha value is -1.16. The summed E-state index contributed by atoms with van der Waals surface area (Å²) in [6.07, 6.45) is 0. The number of carbonyl (C=O) groups excluding carboxylic acids is 1. The molecular formula is C16H15Cl2NOS. The molecular weight excluding hydrogens is 325 g/mol. The smallest absolute Gasteiger partial charge is 0.234 e.